The van der Waals surface area contributed by atoms with Gasteiger partial charge in [-0.15, -0.1) is 0 Å². The van der Waals surface area contributed by atoms with Gasteiger partial charge in [0.15, 0.2) is 0 Å². The van der Waals surface area contributed by atoms with Gasteiger partial charge in [0.2, 0.25) is 5.91 Å². The number of aryl methyl sites for hydroxylation is 1. The van der Waals surface area contributed by atoms with Gasteiger partial charge in [0, 0.05) is 24.8 Å². The van der Waals surface area contributed by atoms with Crippen LogP contribution in [0.5, 0.6) is 0 Å². The van der Waals surface area contributed by atoms with Crippen LogP contribution < -0.4 is 10.5 Å². The van der Waals surface area contributed by atoms with Gasteiger partial charge < -0.3 is 9.88 Å². The Morgan fingerprint density at radius 3 is 2.52 bits per heavy atom. The lowest BCUT2D eigenvalue weighted by Gasteiger charge is -2.18. The Morgan fingerprint density at radius 1 is 1.26 bits per heavy atom. The van der Waals surface area contributed by atoms with Crippen LogP contribution in [0.2, 0.25) is 0 Å². The van der Waals surface area contributed by atoms with E-state index in [4.69, 9.17) is 5.26 Å². The maximum Gasteiger partial charge on any atom is 0.266 e. The molecule has 1 heterocycles. The summed E-state index contributed by atoms with van der Waals surface area (Å²) in [5.41, 5.74) is 2.81. The molecule has 1 aromatic carbocycles. The van der Waals surface area contributed by atoms with Crippen molar-refractivity contribution in [3.63, 3.8) is 0 Å². The number of hydrogen-bond donors (Lipinski definition) is 1. The van der Waals surface area contributed by atoms with E-state index in [1.54, 1.807) is 25.8 Å². The normalized spacial score (nSPS) is 10.2. The van der Waals surface area contributed by atoms with E-state index in [2.05, 4.69) is 4.98 Å². The molecule has 0 radical (unpaired) electrons. The standard InChI is InChI=1S/C18H19N3O2/c1-12-15(13(2)20-18(23)16(12)11-19)9-10-17(22)21(3)14-7-5-4-6-8-14/h4-8H,9-10H2,1-3H3,(H,20,23). The second-order valence-electron chi connectivity index (χ2n) is 5.46. The highest BCUT2D eigenvalue weighted by Crippen LogP contribution is 2.17. The fraction of sp³-hybridized carbons (Fsp3) is 0.278. The van der Waals surface area contributed by atoms with Crippen LogP contribution in [0, 0.1) is 25.2 Å². The molecule has 23 heavy (non-hydrogen) atoms. The van der Waals surface area contributed by atoms with Crippen LogP contribution in [0.3, 0.4) is 0 Å². The summed E-state index contributed by atoms with van der Waals surface area (Å²) < 4.78 is 0. The number of hydrogen-bond acceptors (Lipinski definition) is 3. The van der Waals surface area contributed by atoms with Crippen molar-refractivity contribution in [2.24, 2.45) is 0 Å². The van der Waals surface area contributed by atoms with Gasteiger partial charge in [-0.25, -0.2) is 0 Å². The average molecular weight is 309 g/mol. The molecule has 5 nitrogen and oxygen atoms in total. The lowest BCUT2D eigenvalue weighted by molar-refractivity contribution is -0.118. The van der Waals surface area contributed by atoms with Crippen molar-refractivity contribution < 1.29 is 4.79 Å². The van der Waals surface area contributed by atoms with Gasteiger partial charge in [0.05, 0.1) is 0 Å². The number of para-hydroxylation sites is 1. The summed E-state index contributed by atoms with van der Waals surface area (Å²) >= 11 is 0. The summed E-state index contributed by atoms with van der Waals surface area (Å²) in [6.45, 7) is 3.54. The van der Waals surface area contributed by atoms with Crippen molar-refractivity contribution in [3.05, 3.63) is 63.1 Å². The Bertz CT molecular complexity index is 817. The number of benzene rings is 1. The van der Waals surface area contributed by atoms with E-state index >= 15 is 0 Å². The second-order valence-corrected chi connectivity index (χ2v) is 5.46. The van der Waals surface area contributed by atoms with Gasteiger partial charge in [0.25, 0.3) is 5.56 Å². The topological polar surface area (TPSA) is 77.0 Å². The number of aromatic amines is 1. The first kappa shape index (κ1) is 16.5. The monoisotopic (exact) mass is 309 g/mol. The molecule has 0 aliphatic rings. The molecule has 0 aliphatic heterocycles. The number of nitriles is 1. The highest BCUT2D eigenvalue weighted by molar-refractivity contribution is 5.92. The number of aromatic nitrogens is 1. The molecule has 1 amide bonds. The van der Waals surface area contributed by atoms with Gasteiger partial charge in [0.1, 0.15) is 11.6 Å². The maximum atomic E-state index is 12.3. The number of nitrogens with one attached hydrogen (secondary N) is 1. The zero-order valence-electron chi connectivity index (χ0n) is 13.5. The molecule has 118 valence electrons. The predicted octanol–water partition coefficient (Wildman–Crippen LogP) is 2.46. The molecule has 0 saturated heterocycles. The quantitative estimate of drug-likeness (QED) is 0.942. The third-order valence-corrected chi connectivity index (χ3v) is 4.03. The number of carbonyl (C=O) groups excluding carboxylic acids is 1. The zero-order valence-corrected chi connectivity index (χ0v) is 13.5. The van der Waals surface area contributed by atoms with E-state index < -0.39 is 0 Å². The van der Waals surface area contributed by atoms with E-state index in [9.17, 15) is 9.59 Å². The van der Waals surface area contributed by atoms with Crippen LogP contribution in [0.25, 0.3) is 0 Å². The van der Waals surface area contributed by atoms with Gasteiger partial charge in [-0.2, -0.15) is 5.26 Å². The molecule has 1 aromatic heterocycles. The lowest BCUT2D eigenvalue weighted by atomic mass is 9.99. The van der Waals surface area contributed by atoms with E-state index in [0.29, 0.717) is 24.1 Å². The van der Waals surface area contributed by atoms with Crippen molar-refractivity contribution in [2.45, 2.75) is 26.7 Å². The van der Waals surface area contributed by atoms with Crippen molar-refractivity contribution in [2.75, 3.05) is 11.9 Å². The predicted molar refractivity (Wildman–Crippen MR) is 89.4 cm³/mol. The molecule has 0 bridgehead atoms. The number of rotatable bonds is 4. The molecular weight excluding hydrogens is 290 g/mol. The van der Waals surface area contributed by atoms with Crippen molar-refractivity contribution in [3.8, 4) is 6.07 Å². The van der Waals surface area contributed by atoms with Crippen molar-refractivity contribution in [1.29, 1.82) is 5.26 Å². The third kappa shape index (κ3) is 3.49. The zero-order chi connectivity index (χ0) is 17.0. The number of H-pyrrole nitrogens is 1. The highest BCUT2D eigenvalue weighted by Gasteiger charge is 2.15. The molecule has 0 fully saturated rings. The van der Waals surface area contributed by atoms with E-state index in [-0.39, 0.29) is 17.0 Å². The summed E-state index contributed by atoms with van der Waals surface area (Å²) in [4.78, 5) is 28.4. The molecular formula is C18H19N3O2. The molecule has 0 spiro atoms. The summed E-state index contributed by atoms with van der Waals surface area (Å²) in [7, 11) is 1.74. The summed E-state index contributed by atoms with van der Waals surface area (Å²) in [6.07, 6.45) is 0.795. The summed E-state index contributed by atoms with van der Waals surface area (Å²) in [5, 5.41) is 9.08. The first-order valence-electron chi connectivity index (χ1n) is 7.39. The Balaban J connectivity index is 2.17. The SMILES string of the molecule is Cc1[nH]c(=O)c(C#N)c(C)c1CCC(=O)N(C)c1ccccc1. The van der Waals surface area contributed by atoms with Crippen LogP contribution >= 0.6 is 0 Å². The summed E-state index contributed by atoms with van der Waals surface area (Å²) in [6, 6.07) is 11.4. The molecule has 5 heteroatoms. The Labute approximate surface area is 135 Å². The number of anilines is 1. The number of carbonyl (C=O) groups is 1. The Hall–Kier alpha value is -2.87. The van der Waals surface area contributed by atoms with E-state index in [0.717, 1.165) is 11.3 Å². The van der Waals surface area contributed by atoms with Crippen LogP contribution in [0.4, 0.5) is 5.69 Å². The van der Waals surface area contributed by atoms with Crippen LogP contribution in [0.15, 0.2) is 35.1 Å². The maximum absolute atomic E-state index is 12.3. The Kier molecular flexibility index (Phi) is 4.97. The van der Waals surface area contributed by atoms with Crippen LogP contribution in [-0.4, -0.2) is 17.9 Å². The van der Waals surface area contributed by atoms with E-state index in [1.165, 1.54) is 0 Å². The van der Waals surface area contributed by atoms with Gasteiger partial charge in [-0.1, -0.05) is 18.2 Å². The van der Waals surface area contributed by atoms with Crippen molar-refractivity contribution in [1.82, 2.24) is 4.98 Å². The molecule has 1 N–H and O–H groups in total. The van der Waals surface area contributed by atoms with E-state index in [1.807, 2.05) is 36.4 Å². The highest BCUT2D eigenvalue weighted by atomic mass is 16.2. The molecule has 0 unspecified atom stereocenters. The minimum Gasteiger partial charge on any atom is -0.325 e. The first-order valence-corrected chi connectivity index (χ1v) is 7.39. The van der Waals surface area contributed by atoms with Gasteiger partial charge in [-0.3, -0.25) is 9.59 Å². The first-order chi connectivity index (χ1) is 11.0. The lowest BCUT2D eigenvalue weighted by Crippen LogP contribution is -2.26. The average Bonchev–Trinajstić information content (AvgIpc) is 2.54. The fourth-order valence-electron chi connectivity index (χ4n) is 2.62. The fourth-order valence-corrected chi connectivity index (χ4v) is 2.62. The van der Waals surface area contributed by atoms with Crippen LogP contribution in [0.1, 0.15) is 28.8 Å². The van der Waals surface area contributed by atoms with Crippen LogP contribution in [-0.2, 0) is 11.2 Å². The Morgan fingerprint density at radius 2 is 1.91 bits per heavy atom. The van der Waals surface area contributed by atoms with Crippen molar-refractivity contribution >= 4 is 11.6 Å². The summed E-state index contributed by atoms with van der Waals surface area (Å²) in [5.74, 6) is -0.0142. The second kappa shape index (κ2) is 6.93. The minimum absolute atomic E-state index is 0.0142. The molecule has 0 saturated carbocycles. The molecule has 2 aromatic rings. The largest absolute Gasteiger partial charge is 0.325 e. The molecule has 0 atom stereocenters. The number of nitrogens with zero attached hydrogens (tertiary/aromatic N) is 2. The number of pyridine rings is 1. The smallest absolute Gasteiger partial charge is 0.266 e. The van der Waals surface area contributed by atoms with Gasteiger partial charge >= 0.3 is 0 Å². The molecule has 0 aliphatic carbocycles. The molecule has 2 rings (SSSR count). The number of amides is 1. The van der Waals surface area contributed by atoms with Gasteiger partial charge in [-0.05, 0) is 43.5 Å². The minimum atomic E-state index is -0.376. The third-order valence-electron chi connectivity index (χ3n) is 4.03.